The minimum Gasteiger partial charge on any atom is -0.389 e. The molecule has 1 unspecified atom stereocenters. The van der Waals surface area contributed by atoms with Crippen LogP contribution in [0.2, 0.25) is 0 Å². The van der Waals surface area contributed by atoms with E-state index in [0.717, 1.165) is 0 Å². The third-order valence-electron chi connectivity index (χ3n) is 2.26. The van der Waals surface area contributed by atoms with Gasteiger partial charge in [-0.25, -0.2) is 0 Å². The molecule has 0 aromatic carbocycles. The molecule has 0 aromatic heterocycles. The van der Waals surface area contributed by atoms with Crippen LogP contribution in [-0.2, 0) is 4.74 Å². The van der Waals surface area contributed by atoms with E-state index >= 15 is 0 Å². The molecule has 0 saturated heterocycles. The average Bonchev–Trinajstić information content (AvgIpc) is 1.98. The van der Waals surface area contributed by atoms with E-state index < -0.39 is 0 Å². The zero-order chi connectivity index (χ0) is 8.81. The molecule has 1 rings (SSSR count). The molecule has 72 valence electrons. The molecular weight excluding hydrogens is 154 g/mol. The fourth-order valence-electron chi connectivity index (χ4n) is 1.23. The van der Waals surface area contributed by atoms with Crippen molar-refractivity contribution in [3.63, 3.8) is 0 Å². The third kappa shape index (κ3) is 3.52. The standard InChI is InChI=1S/C9H19NO2/c1-2-12-7-9(11)6-10-8-4-3-5-8/h8-11H,2-7H2,1H3. The lowest BCUT2D eigenvalue weighted by atomic mass is 9.93. The Hall–Kier alpha value is -0.120. The van der Waals surface area contributed by atoms with Crippen molar-refractivity contribution in [1.29, 1.82) is 0 Å². The number of hydrogen-bond donors (Lipinski definition) is 2. The van der Waals surface area contributed by atoms with Gasteiger partial charge in [0, 0.05) is 19.2 Å². The summed E-state index contributed by atoms with van der Waals surface area (Å²) >= 11 is 0. The topological polar surface area (TPSA) is 41.5 Å². The summed E-state index contributed by atoms with van der Waals surface area (Å²) in [5.41, 5.74) is 0. The molecule has 0 amide bonds. The molecule has 3 nitrogen and oxygen atoms in total. The molecule has 0 spiro atoms. The molecule has 1 aliphatic rings. The van der Waals surface area contributed by atoms with Gasteiger partial charge < -0.3 is 15.2 Å². The Morgan fingerprint density at radius 3 is 2.83 bits per heavy atom. The van der Waals surface area contributed by atoms with E-state index in [0.29, 0.717) is 25.8 Å². The van der Waals surface area contributed by atoms with Crippen LogP contribution in [0.3, 0.4) is 0 Å². The normalized spacial score (nSPS) is 20.5. The predicted octanol–water partition coefficient (Wildman–Crippen LogP) is 0.526. The van der Waals surface area contributed by atoms with E-state index in [2.05, 4.69) is 5.32 Å². The summed E-state index contributed by atoms with van der Waals surface area (Å²) in [6.07, 6.45) is 3.52. The van der Waals surface area contributed by atoms with Crippen LogP contribution in [0.4, 0.5) is 0 Å². The zero-order valence-electron chi connectivity index (χ0n) is 7.75. The second-order valence-corrected chi connectivity index (χ2v) is 3.35. The Balaban J connectivity index is 1.90. The number of aliphatic hydroxyl groups is 1. The van der Waals surface area contributed by atoms with Crippen LogP contribution in [0, 0.1) is 0 Å². The molecular formula is C9H19NO2. The lowest BCUT2D eigenvalue weighted by Crippen LogP contribution is -2.41. The number of rotatable bonds is 6. The fourth-order valence-corrected chi connectivity index (χ4v) is 1.23. The second-order valence-electron chi connectivity index (χ2n) is 3.35. The molecule has 12 heavy (non-hydrogen) atoms. The fraction of sp³-hybridized carbons (Fsp3) is 1.00. The van der Waals surface area contributed by atoms with Gasteiger partial charge in [0.1, 0.15) is 0 Å². The Bertz CT molecular complexity index is 115. The number of nitrogens with one attached hydrogen (secondary N) is 1. The van der Waals surface area contributed by atoms with Crippen LogP contribution in [0.25, 0.3) is 0 Å². The third-order valence-corrected chi connectivity index (χ3v) is 2.26. The van der Waals surface area contributed by atoms with Gasteiger partial charge in [-0.3, -0.25) is 0 Å². The van der Waals surface area contributed by atoms with Gasteiger partial charge in [0.15, 0.2) is 0 Å². The van der Waals surface area contributed by atoms with Crippen molar-refractivity contribution in [3.05, 3.63) is 0 Å². The molecule has 1 aliphatic carbocycles. The van der Waals surface area contributed by atoms with Crippen molar-refractivity contribution in [1.82, 2.24) is 5.32 Å². The van der Waals surface area contributed by atoms with Gasteiger partial charge >= 0.3 is 0 Å². The highest BCUT2D eigenvalue weighted by Crippen LogP contribution is 2.17. The first kappa shape index (κ1) is 9.96. The van der Waals surface area contributed by atoms with Gasteiger partial charge in [-0.05, 0) is 19.8 Å². The maximum absolute atomic E-state index is 9.36. The first-order valence-corrected chi connectivity index (χ1v) is 4.82. The minimum absolute atomic E-state index is 0.342. The molecule has 0 radical (unpaired) electrons. The van der Waals surface area contributed by atoms with Gasteiger partial charge in [-0.1, -0.05) is 6.42 Å². The summed E-state index contributed by atoms with van der Waals surface area (Å²) < 4.78 is 5.09. The molecule has 1 fully saturated rings. The van der Waals surface area contributed by atoms with Crippen LogP contribution >= 0.6 is 0 Å². The van der Waals surface area contributed by atoms with Gasteiger partial charge in [0.25, 0.3) is 0 Å². The molecule has 0 aromatic rings. The summed E-state index contributed by atoms with van der Waals surface area (Å²) in [4.78, 5) is 0. The number of ether oxygens (including phenoxy) is 1. The molecule has 0 aliphatic heterocycles. The van der Waals surface area contributed by atoms with Crippen molar-refractivity contribution in [2.75, 3.05) is 19.8 Å². The lowest BCUT2D eigenvalue weighted by molar-refractivity contribution is 0.0398. The van der Waals surface area contributed by atoms with E-state index in [-0.39, 0.29) is 6.10 Å². The largest absolute Gasteiger partial charge is 0.389 e. The maximum atomic E-state index is 9.36. The maximum Gasteiger partial charge on any atom is 0.0897 e. The summed E-state index contributed by atoms with van der Waals surface area (Å²) in [7, 11) is 0. The summed E-state index contributed by atoms with van der Waals surface area (Å²) in [6.45, 7) is 3.74. The number of aliphatic hydroxyl groups excluding tert-OH is 1. The van der Waals surface area contributed by atoms with Crippen LogP contribution in [0.1, 0.15) is 26.2 Å². The van der Waals surface area contributed by atoms with Gasteiger partial charge in [0.2, 0.25) is 0 Å². The molecule has 2 N–H and O–H groups in total. The van der Waals surface area contributed by atoms with E-state index in [1.54, 1.807) is 0 Å². The van der Waals surface area contributed by atoms with E-state index in [4.69, 9.17) is 4.74 Å². The lowest BCUT2D eigenvalue weighted by Gasteiger charge is -2.27. The number of hydrogen-bond acceptors (Lipinski definition) is 3. The highest BCUT2D eigenvalue weighted by Gasteiger charge is 2.17. The molecule has 0 heterocycles. The minimum atomic E-state index is -0.342. The smallest absolute Gasteiger partial charge is 0.0897 e. The van der Waals surface area contributed by atoms with Crippen molar-refractivity contribution < 1.29 is 9.84 Å². The Labute approximate surface area is 74.1 Å². The van der Waals surface area contributed by atoms with Crippen LogP contribution < -0.4 is 5.32 Å². The van der Waals surface area contributed by atoms with Crippen molar-refractivity contribution in [2.24, 2.45) is 0 Å². The highest BCUT2D eigenvalue weighted by atomic mass is 16.5. The van der Waals surface area contributed by atoms with E-state index in [1.165, 1.54) is 19.3 Å². The average molecular weight is 173 g/mol. The first-order valence-electron chi connectivity index (χ1n) is 4.82. The van der Waals surface area contributed by atoms with Crippen LogP contribution in [0.15, 0.2) is 0 Å². The SMILES string of the molecule is CCOCC(O)CNC1CCC1. The predicted molar refractivity (Wildman–Crippen MR) is 48.1 cm³/mol. The second kappa shape index (κ2) is 5.51. The van der Waals surface area contributed by atoms with Crippen molar-refractivity contribution in [2.45, 2.75) is 38.3 Å². The van der Waals surface area contributed by atoms with Crippen molar-refractivity contribution in [3.8, 4) is 0 Å². The Morgan fingerprint density at radius 2 is 2.33 bits per heavy atom. The molecule has 0 bridgehead atoms. The Morgan fingerprint density at radius 1 is 1.58 bits per heavy atom. The van der Waals surface area contributed by atoms with Gasteiger partial charge in [0.05, 0.1) is 12.7 Å². The monoisotopic (exact) mass is 173 g/mol. The van der Waals surface area contributed by atoms with Crippen LogP contribution in [-0.4, -0.2) is 37.0 Å². The van der Waals surface area contributed by atoms with Gasteiger partial charge in [-0.2, -0.15) is 0 Å². The summed E-state index contributed by atoms with van der Waals surface area (Å²) in [5, 5.41) is 12.7. The van der Waals surface area contributed by atoms with E-state index in [9.17, 15) is 5.11 Å². The van der Waals surface area contributed by atoms with Crippen molar-refractivity contribution >= 4 is 0 Å². The quantitative estimate of drug-likeness (QED) is 0.615. The van der Waals surface area contributed by atoms with Gasteiger partial charge in [-0.15, -0.1) is 0 Å². The first-order chi connectivity index (χ1) is 5.83. The summed E-state index contributed by atoms with van der Waals surface area (Å²) in [6, 6.07) is 0.654. The summed E-state index contributed by atoms with van der Waals surface area (Å²) in [5.74, 6) is 0. The highest BCUT2D eigenvalue weighted by molar-refractivity contribution is 4.77. The van der Waals surface area contributed by atoms with E-state index in [1.807, 2.05) is 6.92 Å². The molecule has 1 saturated carbocycles. The van der Waals surface area contributed by atoms with Crippen LogP contribution in [0.5, 0.6) is 0 Å². The molecule has 3 heteroatoms. The Kier molecular flexibility index (Phi) is 4.58. The molecule has 1 atom stereocenters. The zero-order valence-corrected chi connectivity index (χ0v) is 7.75.